The first-order chi connectivity index (χ1) is 8.17. The number of aromatic nitrogens is 3. The van der Waals surface area contributed by atoms with Gasteiger partial charge >= 0.3 is 0 Å². The monoisotopic (exact) mass is 310 g/mol. The van der Waals surface area contributed by atoms with Crippen LogP contribution in [0, 0.1) is 0 Å². The van der Waals surface area contributed by atoms with Crippen LogP contribution in [-0.2, 0) is 6.42 Å². The molecule has 0 unspecified atom stereocenters. The summed E-state index contributed by atoms with van der Waals surface area (Å²) >= 11 is 4.90. The average molecular weight is 311 g/mol. The van der Waals surface area contributed by atoms with Crippen LogP contribution in [-0.4, -0.2) is 21.2 Å². The van der Waals surface area contributed by atoms with Crippen LogP contribution in [0.25, 0.3) is 0 Å². The van der Waals surface area contributed by atoms with E-state index < -0.39 is 0 Å². The summed E-state index contributed by atoms with van der Waals surface area (Å²) in [4.78, 5) is 12.5. The second-order valence-electron chi connectivity index (χ2n) is 3.40. The minimum atomic E-state index is 0.273. The standard InChI is InChI=1S/C11H11BrN4S/c1-17-11-15-9(14-10(13)16-11)6-7-3-2-4-8(12)5-7/h2-5H,6H2,1H3,(H2,13,14,15,16). The van der Waals surface area contributed by atoms with Crippen LogP contribution in [0.3, 0.4) is 0 Å². The highest BCUT2D eigenvalue weighted by Gasteiger charge is 2.05. The summed E-state index contributed by atoms with van der Waals surface area (Å²) in [7, 11) is 0. The number of nitrogen functional groups attached to an aromatic ring is 1. The predicted octanol–water partition coefficient (Wildman–Crippen LogP) is 2.53. The van der Waals surface area contributed by atoms with Crippen molar-refractivity contribution in [3.63, 3.8) is 0 Å². The Hall–Kier alpha value is -1.14. The molecule has 1 heterocycles. The lowest BCUT2D eigenvalue weighted by molar-refractivity contribution is 0.839. The summed E-state index contributed by atoms with van der Waals surface area (Å²) < 4.78 is 1.04. The molecular weight excluding hydrogens is 300 g/mol. The zero-order chi connectivity index (χ0) is 12.3. The molecule has 88 valence electrons. The van der Waals surface area contributed by atoms with Gasteiger partial charge in [0.25, 0.3) is 0 Å². The van der Waals surface area contributed by atoms with Gasteiger partial charge in [-0.05, 0) is 24.0 Å². The van der Waals surface area contributed by atoms with Crippen LogP contribution in [0.15, 0.2) is 33.9 Å². The van der Waals surface area contributed by atoms with Crippen molar-refractivity contribution in [1.82, 2.24) is 15.0 Å². The van der Waals surface area contributed by atoms with Gasteiger partial charge in [0.1, 0.15) is 5.82 Å². The van der Waals surface area contributed by atoms with Gasteiger partial charge in [0.05, 0.1) is 0 Å². The zero-order valence-corrected chi connectivity index (χ0v) is 11.6. The molecule has 0 aliphatic heterocycles. The van der Waals surface area contributed by atoms with Crippen molar-refractivity contribution in [2.45, 2.75) is 11.6 Å². The fourth-order valence-electron chi connectivity index (χ4n) is 1.42. The van der Waals surface area contributed by atoms with E-state index in [1.165, 1.54) is 11.8 Å². The second kappa shape index (κ2) is 5.46. The van der Waals surface area contributed by atoms with Gasteiger partial charge in [-0.15, -0.1) is 0 Å². The van der Waals surface area contributed by atoms with Crippen molar-refractivity contribution in [3.05, 3.63) is 40.1 Å². The molecule has 0 saturated carbocycles. The van der Waals surface area contributed by atoms with E-state index in [0.29, 0.717) is 17.4 Å². The van der Waals surface area contributed by atoms with Crippen molar-refractivity contribution >= 4 is 33.6 Å². The Morgan fingerprint density at radius 3 is 2.82 bits per heavy atom. The molecule has 0 fully saturated rings. The highest BCUT2D eigenvalue weighted by Crippen LogP contribution is 2.15. The average Bonchev–Trinajstić information content (AvgIpc) is 2.28. The first-order valence-corrected chi connectivity index (χ1v) is 6.98. The molecule has 0 saturated heterocycles. The lowest BCUT2D eigenvalue weighted by atomic mass is 10.1. The van der Waals surface area contributed by atoms with Gasteiger partial charge in [0, 0.05) is 10.9 Å². The van der Waals surface area contributed by atoms with Crippen molar-refractivity contribution in [2.24, 2.45) is 0 Å². The Kier molecular flexibility index (Phi) is 3.96. The summed E-state index contributed by atoms with van der Waals surface area (Å²) in [6, 6.07) is 8.04. The van der Waals surface area contributed by atoms with Gasteiger partial charge in [0.2, 0.25) is 5.95 Å². The number of rotatable bonds is 3. The van der Waals surface area contributed by atoms with Gasteiger partial charge in [-0.1, -0.05) is 39.8 Å². The highest BCUT2D eigenvalue weighted by molar-refractivity contribution is 9.10. The fourth-order valence-corrected chi connectivity index (χ4v) is 2.24. The molecule has 0 amide bonds. The maximum absolute atomic E-state index is 5.63. The third-order valence-electron chi connectivity index (χ3n) is 2.11. The summed E-state index contributed by atoms with van der Waals surface area (Å²) in [5.41, 5.74) is 6.77. The van der Waals surface area contributed by atoms with Crippen LogP contribution in [0.5, 0.6) is 0 Å². The first-order valence-electron chi connectivity index (χ1n) is 4.96. The smallest absolute Gasteiger partial charge is 0.224 e. The van der Waals surface area contributed by atoms with Crippen LogP contribution >= 0.6 is 27.7 Å². The van der Waals surface area contributed by atoms with Gasteiger partial charge < -0.3 is 5.73 Å². The lowest BCUT2D eigenvalue weighted by Gasteiger charge is -2.03. The molecule has 17 heavy (non-hydrogen) atoms. The third-order valence-corrected chi connectivity index (χ3v) is 3.15. The molecule has 4 nitrogen and oxygen atoms in total. The number of hydrogen-bond donors (Lipinski definition) is 1. The third kappa shape index (κ3) is 3.41. The van der Waals surface area contributed by atoms with Crippen molar-refractivity contribution in [2.75, 3.05) is 12.0 Å². The van der Waals surface area contributed by atoms with Crippen molar-refractivity contribution < 1.29 is 0 Å². The number of hydrogen-bond acceptors (Lipinski definition) is 5. The first kappa shape index (κ1) is 12.3. The largest absolute Gasteiger partial charge is 0.368 e. The maximum Gasteiger partial charge on any atom is 0.224 e. The van der Waals surface area contributed by atoms with E-state index in [4.69, 9.17) is 5.73 Å². The Morgan fingerprint density at radius 2 is 2.12 bits per heavy atom. The normalized spacial score (nSPS) is 10.5. The molecule has 0 spiro atoms. The summed E-state index contributed by atoms with van der Waals surface area (Å²) in [6.07, 6.45) is 2.57. The van der Waals surface area contributed by atoms with E-state index in [2.05, 4.69) is 30.9 Å². The SMILES string of the molecule is CSc1nc(N)nc(Cc2cccc(Br)c2)n1. The quantitative estimate of drug-likeness (QED) is 0.883. The Morgan fingerprint density at radius 1 is 1.29 bits per heavy atom. The molecule has 0 aliphatic rings. The number of nitrogens with zero attached hydrogens (tertiary/aromatic N) is 3. The highest BCUT2D eigenvalue weighted by atomic mass is 79.9. The maximum atomic E-state index is 5.63. The van der Waals surface area contributed by atoms with E-state index >= 15 is 0 Å². The van der Waals surface area contributed by atoms with E-state index in [-0.39, 0.29) is 5.95 Å². The molecule has 2 aromatic rings. The van der Waals surface area contributed by atoms with E-state index in [1.807, 2.05) is 30.5 Å². The molecule has 1 aromatic heterocycles. The molecule has 2 N–H and O–H groups in total. The lowest BCUT2D eigenvalue weighted by Crippen LogP contribution is -2.04. The predicted molar refractivity (Wildman–Crippen MR) is 73.0 cm³/mol. The van der Waals surface area contributed by atoms with E-state index in [9.17, 15) is 0 Å². The Labute approximate surface area is 112 Å². The summed E-state index contributed by atoms with van der Waals surface area (Å²) in [6.45, 7) is 0. The topological polar surface area (TPSA) is 64.7 Å². The molecule has 0 atom stereocenters. The number of thioether (sulfide) groups is 1. The fraction of sp³-hybridized carbons (Fsp3) is 0.182. The summed E-state index contributed by atoms with van der Waals surface area (Å²) in [5.74, 6) is 0.967. The summed E-state index contributed by atoms with van der Waals surface area (Å²) in [5, 5.41) is 0.655. The molecule has 0 aliphatic carbocycles. The number of benzene rings is 1. The van der Waals surface area contributed by atoms with Crippen LogP contribution in [0.2, 0.25) is 0 Å². The van der Waals surface area contributed by atoms with Crippen LogP contribution in [0.1, 0.15) is 11.4 Å². The zero-order valence-electron chi connectivity index (χ0n) is 9.22. The molecule has 2 rings (SSSR count). The molecule has 0 bridgehead atoms. The number of nitrogens with two attached hydrogens (primary N) is 1. The van der Waals surface area contributed by atoms with E-state index in [0.717, 1.165) is 10.0 Å². The molecule has 0 radical (unpaired) electrons. The van der Waals surface area contributed by atoms with Gasteiger partial charge in [0.15, 0.2) is 5.16 Å². The molecule has 6 heteroatoms. The van der Waals surface area contributed by atoms with Crippen molar-refractivity contribution in [1.29, 1.82) is 0 Å². The second-order valence-corrected chi connectivity index (χ2v) is 5.09. The molecule has 1 aromatic carbocycles. The minimum Gasteiger partial charge on any atom is -0.368 e. The Balaban J connectivity index is 2.26. The Bertz CT molecular complexity index is 533. The van der Waals surface area contributed by atoms with E-state index in [1.54, 1.807) is 0 Å². The van der Waals surface area contributed by atoms with Crippen LogP contribution in [0.4, 0.5) is 5.95 Å². The van der Waals surface area contributed by atoms with Gasteiger partial charge in [-0.3, -0.25) is 0 Å². The molecular formula is C11H11BrN4S. The van der Waals surface area contributed by atoms with Gasteiger partial charge in [-0.25, -0.2) is 4.98 Å². The van der Waals surface area contributed by atoms with Gasteiger partial charge in [-0.2, -0.15) is 9.97 Å². The number of halogens is 1. The van der Waals surface area contributed by atoms with Crippen molar-refractivity contribution in [3.8, 4) is 0 Å². The number of anilines is 1. The minimum absolute atomic E-state index is 0.273. The van der Waals surface area contributed by atoms with Crippen LogP contribution < -0.4 is 5.73 Å².